The number of para-hydroxylation sites is 2. The highest BCUT2D eigenvalue weighted by Gasteiger charge is 2.28. The van der Waals surface area contributed by atoms with Crippen LogP contribution >= 0.6 is 0 Å². The summed E-state index contributed by atoms with van der Waals surface area (Å²) in [6.07, 6.45) is 8.96. The Bertz CT molecular complexity index is 2080. The summed E-state index contributed by atoms with van der Waals surface area (Å²) in [4.78, 5) is 6.24. The molecule has 0 spiro atoms. The van der Waals surface area contributed by atoms with Gasteiger partial charge in [-0.1, -0.05) is 110 Å². The van der Waals surface area contributed by atoms with Gasteiger partial charge in [-0.3, -0.25) is 0 Å². The molecule has 0 amide bonds. The summed E-state index contributed by atoms with van der Waals surface area (Å²) in [6, 6.07) is 39.0. The van der Waals surface area contributed by atoms with Crippen molar-refractivity contribution in [3.05, 3.63) is 133 Å². The highest BCUT2D eigenvalue weighted by atomic mass is 16.3. The van der Waals surface area contributed by atoms with Crippen molar-refractivity contribution in [1.82, 2.24) is 4.98 Å². The van der Waals surface area contributed by atoms with Crippen molar-refractivity contribution in [2.45, 2.75) is 13.0 Å². The van der Waals surface area contributed by atoms with Crippen LogP contribution < -0.4 is 4.90 Å². The molecule has 2 atom stereocenters. The molecule has 1 N–H and O–H groups in total. The summed E-state index contributed by atoms with van der Waals surface area (Å²) in [5.41, 5.74) is 8.73. The number of aromatic nitrogens is 1. The van der Waals surface area contributed by atoms with Gasteiger partial charge in [-0.2, -0.15) is 0 Å². The number of aromatic amines is 1. The highest BCUT2D eigenvalue weighted by Crippen LogP contribution is 2.46. The van der Waals surface area contributed by atoms with E-state index in [9.17, 15) is 0 Å². The molecule has 3 heteroatoms. The van der Waals surface area contributed by atoms with E-state index in [0.717, 1.165) is 38.7 Å². The number of hydrogen-bond acceptors (Lipinski definition) is 2. The predicted molar refractivity (Wildman–Crippen MR) is 168 cm³/mol. The van der Waals surface area contributed by atoms with Crippen LogP contribution in [0, 0.1) is 5.92 Å². The zero-order valence-corrected chi connectivity index (χ0v) is 22.2. The van der Waals surface area contributed by atoms with E-state index < -0.39 is 0 Å². The van der Waals surface area contributed by atoms with E-state index in [1.54, 1.807) is 0 Å². The molecule has 40 heavy (non-hydrogen) atoms. The molecule has 2 heterocycles. The molecule has 7 aromatic rings. The van der Waals surface area contributed by atoms with Crippen molar-refractivity contribution in [3.8, 4) is 11.1 Å². The van der Waals surface area contributed by atoms with E-state index in [4.69, 9.17) is 4.42 Å². The fraction of sp³-hybridized carbons (Fsp3) is 0.0811. The van der Waals surface area contributed by atoms with Crippen LogP contribution in [0.5, 0.6) is 0 Å². The standard InChI is InChI=1S/C37H28N2O/c1-24-11-5-9-17-32(24)39(27-21-19-26(20-22-27)25-12-3-2-4-13-25)33-23-30-28-14-7-10-18-34(28)40-37(30)36-35(33)29-15-6-8-16-31(29)38-36/h2-24,32,38H,1H3/t24?,32-/m0/s1. The predicted octanol–water partition coefficient (Wildman–Crippen LogP) is 10.2. The van der Waals surface area contributed by atoms with Crippen LogP contribution in [0.2, 0.25) is 0 Å². The molecule has 2 aromatic heterocycles. The molecular formula is C37H28N2O. The third-order valence-corrected chi connectivity index (χ3v) is 8.29. The van der Waals surface area contributed by atoms with Gasteiger partial charge in [0.15, 0.2) is 5.58 Å². The van der Waals surface area contributed by atoms with E-state index in [1.807, 2.05) is 6.07 Å². The first-order valence-electron chi connectivity index (χ1n) is 13.9. The summed E-state index contributed by atoms with van der Waals surface area (Å²) in [7, 11) is 0. The Hall–Kier alpha value is -5.02. The van der Waals surface area contributed by atoms with Crippen LogP contribution in [0.1, 0.15) is 6.92 Å². The quantitative estimate of drug-likeness (QED) is 0.252. The average molecular weight is 517 g/mol. The summed E-state index contributed by atoms with van der Waals surface area (Å²) in [5.74, 6) is 0.329. The lowest BCUT2D eigenvalue weighted by molar-refractivity contribution is 0.610. The van der Waals surface area contributed by atoms with Crippen molar-refractivity contribution >= 4 is 55.1 Å². The van der Waals surface area contributed by atoms with Crippen LogP contribution in [0.3, 0.4) is 0 Å². The molecule has 192 valence electrons. The van der Waals surface area contributed by atoms with Gasteiger partial charge in [0.25, 0.3) is 0 Å². The molecule has 1 unspecified atom stereocenters. The third-order valence-electron chi connectivity index (χ3n) is 8.29. The summed E-state index contributed by atoms with van der Waals surface area (Å²) < 4.78 is 6.49. The minimum absolute atomic E-state index is 0.153. The zero-order valence-electron chi connectivity index (χ0n) is 22.2. The van der Waals surface area contributed by atoms with E-state index >= 15 is 0 Å². The number of anilines is 2. The van der Waals surface area contributed by atoms with Crippen molar-refractivity contribution in [2.24, 2.45) is 5.92 Å². The molecule has 0 radical (unpaired) electrons. The molecular weight excluding hydrogens is 488 g/mol. The van der Waals surface area contributed by atoms with Gasteiger partial charge >= 0.3 is 0 Å². The lowest BCUT2D eigenvalue weighted by Gasteiger charge is -2.36. The second-order valence-electron chi connectivity index (χ2n) is 10.7. The second kappa shape index (κ2) is 9.03. The largest absolute Gasteiger partial charge is 0.454 e. The number of H-pyrrole nitrogens is 1. The van der Waals surface area contributed by atoms with Crippen LogP contribution in [0.15, 0.2) is 138 Å². The molecule has 0 fully saturated rings. The fourth-order valence-corrected chi connectivity index (χ4v) is 6.32. The first-order chi connectivity index (χ1) is 19.8. The topological polar surface area (TPSA) is 32.2 Å². The number of fused-ring (bicyclic) bond motifs is 7. The van der Waals surface area contributed by atoms with Gasteiger partial charge < -0.3 is 14.3 Å². The zero-order chi connectivity index (χ0) is 26.6. The Kier molecular flexibility index (Phi) is 5.17. The van der Waals surface area contributed by atoms with E-state index in [-0.39, 0.29) is 6.04 Å². The average Bonchev–Trinajstić information content (AvgIpc) is 3.58. The molecule has 0 aliphatic heterocycles. The maximum absolute atomic E-state index is 6.49. The molecule has 1 aliphatic carbocycles. The molecule has 8 rings (SSSR count). The maximum Gasteiger partial charge on any atom is 0.159 e. The van der Waals surface area contributed by atoms with Gasteiger partial charge in [-0.15, -0.1) is 0 Å². The molecule has 0 bridgehead atoms. The summed E-state index contributed by atoms with van der Waals surface area (Å²) >= 11 is 0. The number of nitrogens with zero attached hydrogens (tertiary/aromatic N) is 1. The Balaban J connectivity index is 1.44. The van der Waals surface area contributed by atoms with Gasteiger partial charge in [0, 0.05) is 32.7 Å². The molecule has 0 saturated carbocycles. The third kappa shape index (κ3) is 3.51. The number of hydrogen-bond donors (Lipinski definition) is 1. The normalized spacial score (nSPS) is 16.9. The smallest absolute Gasteiger partial charge is 0.159 e. The van der Waals surface area contributed by atoms with Crippen molar-refractivity contribution in [3.63, 3.8) is 0 Å². The van der Waals surface area contributed by atoms with Crippen LogP contribution in [-0.4, -0.2) is 11.0 Å². The minimum Gasteiger partial charge on any atom is -0.454 e. The van der Waals surface area contributed by atoms with Gasteiger partial charge in [-0.05, 0) is 47.4 Å². The van der Waals surface area contributed by atoms with Crippen LogP contribution in [0.25, 0.3) is 54.9 Å². The van der Waals surface area contributed by atoms with Crippen LogP contribution in [-0.2, 0) is 0 Å². The van der Waals surface area contributed by atoms with Gasteiger partial charge in [0.2, 0.25) is 0 Å². The lowest BCUT2D eigenvalue weighted by Crippen LogP contribution is -2.35. The Morgan fingerprint density at radius 3 is 2.20 bits per heavy atom. The molecule has 5 aromatic carbocycles. The number of nitrogens with one attached hydrogen (secondary N) is 1. The lowest BCUT2D eigenvalue weighted by atomic mass is 9.93. The first kappa shape index (κ1) is 22.9. The second-order valence-corrected chi connectivity index (χ2v) is 10.7. The van der Waals surface area contributed by atoms with Gasteiger partial charge in [0.05, 0.1) is 17.2 Å². The Morgan fingerprint density at radius 1 is 0.675 bits per heavy atom. The summed E-state index contributed by atoms with van der Waals surface area (Å²) in [5, 5.41) is 4.64. The van der Waals surface area contributed by atoms with Gasteiger partial charge in [-0.25, -0.2) is 0 Å². The monoisotopic (exact) mass is 516 g/mol. The van der Waals surface area contributed by atoms with Crippen LogP contribution in [0.4, 0.5) is 11.4 Å². The molecule has 0 saturated heterocycles. The highest BCUT2D eigenvalue weighted by molar-refractivity contribution is 6.25. The SMILES string of the molecule is CC1C=CC=C[C@@H]1N(c1ccc(-c2ccccc2)cc1)c1cc2c3ccccc3oc2c2[nH]c3ccccc3c12. The van der Waals surface area contributed by atoms with Gasteiger partial charge in [0.1, 0.15) is 5.58 Å². The maximum atomic E-state index is 6.49. The Morgan fingerprint density at radius 2 is 1.38 bits per heavy atom. The Labute approximate surface area is 232 Å². The van der Waals surface area contributed by atoms with Crippen molar-refractivity contribution in [2.75, 3.05) is 4.90 Å². The molecule has 3 nitrogen and oxygen atoms in total. The molecule has 1 aliphatic rings. The van der Waals surface area contributed by atoms with E-state index in [1.165, 1.54) is 27.6 Å². The summed E-state index contributed by atoms with van der Waals surface area (Å²) in [6.45, 7) is 2.30. The van der Waals surface area contributed by atoms with E-state index in [2.05, 4.69) is 144 Å². The van der Waals surface area contributed by atoms with Crippen molar-refractivity contribution in [1.29, 1.82) is 0 Å². The van der Waals surface area contributed by atoms with Crippen molar-refractivity contribution < 1.29 is 4.42 Å². The fourth-order valence-electron chi connectivity index (χ4n) is 6.32. The van der Waals surface area contributed by atoms with E-state index in [0.29, 0.717) is 5.92 Å². The number of rotatable bonds is 4. The first-order valence-corrected chi connectivity index (χ1v) is 13.9. The number of allylic oxidation sites excluding steroid dienone is 2. The minimum atomic E-state index is 0.153. The number of benzene rings is 5. The number of furan rings is 1.